The van der Waals surface area contributed by atoms with Crippen LogP contribution in [0.1, 0.15) is 11.1 Å². The van der Waals surface area contributed by atoms with Crippen LogP contribution in [0, 0.1) is 6.92 Å². The molecule has 0 aliphatic carbocycles. The summed E-state index contributed by atoms with van der Waals surface area (Å²) >= 11 is 1.28. The second kappa shape index (κ2) is 5.13. The molecule has 0 spiro atoms. The van der Waals surface area contributed by atoms with Gasteiger partial charge in [0.15, 0.2) is 0 Å². The van der Waals surface area contributed by atoms with Crippen LogP contribution in [0.25, 0.3) is 0 Å². The highest BCUT2D eigenvalue weighted by molar-refractivity contribution is 7.99. The van der Waals surface area contributed by atoms with Gasteiger partial charge in [-0.25, -0.2) is 4.98 Å². The van der Waals surface area contributed by atoms with Gasteiger partial charge in [0.25, 0.3) is 0 Å². The molecule has 2 nitrogen and oxygen atoms in total. The van der Waals surface area contributed by atoms with E-state index in [1.807, 2.05) is 19.1 Å². The van der Waals surface area contributed by atoms with E-state index in [9.17, 15) is 13.2 Å². The number of hydrogen-bond donors (Lipinski definition) is 1. The SMILES string of the molecule is Cc1cc(N)cc(Sc2ccc(C(F)(F)F)cn2)c1. The first-order valence-electron chi connectivity index (χ1n) is 5.43. The molecule has 0 aliphatic rings. The van der Waals surface area contributed by atoms with Gasteiger partial charge in [0.2, 0.25) is 0 Å². The minimum absolute atomic E-state index is 0.498. The van der Waals surface area contributed by atoms with E-state index in [0.717, 1.165) is 22.7 Å². The molecule has 0 bridgehead atoms. The molecule has 0 saturated heterocycles. The number of nitrogen functional groups attached to an aromatic ring is 1. The van der Waals surface area contributed by atoms with E-state index in [-0.39, 0.29) is 0 Å². The molecule has 6 heteroatoms. The van der Waals surface area contributed by atoms with Crippen LogP contribution in [0.4, 0.5) is 18.9 Å². The quantitative estimate of drug-likeness (QED) is 0.842. The molecule has 0 radical (unpaired) electrons. The molecule has 0 aliphatic heterocycles. The molecule has 1 aromatic carbocycles. The lowest BCUT2D eigenvalue weighted by atomic mass is 10.2. The number of anilines is 1. The minimum Gasteiger partial charge on any atom is -0.399 e. The predicted molar refractivity (Wildman–Crippen MR) is 69.0 cm³/mol. The zero-order valence-corrected chi connectivity index (χ0v) is 10.8. The molecule has 100 valence electrons. The summed E-state index contributed by atoms with van der Waals surface area (Å²) in [6.45, 7) is 1.90. The molecule has 0 amide bonds. The summed E-state index contributed by atoms with van der Waals surface area (Å²) in [6, 6.07) is 7.86. The number of alkyl halides is 3. The van der Waals surface area contributed by atoms with Crippen molar-refractivity contribution in [1.29, 1.82) is 0 Å². The summed E-state index contributed by atoms with van der Waals surface area (Å²) in [7, 11) is 0. The largest absolute Gasteiger partial charge is 0.417 e. The first-order valence-corrected chi connectivity index (χ1v) is 6.24. The smallest absolute Gasteiger partial charge is 0.399 e. The molecular weight excluding hydrogens is 273 g/mol. The van der Waals surface area contributed by atoms with Crippen LogP contribution >= 0.6 is 11.8 Å². The monoisotopic (exact) mass is 284 g/mol. The zero-order valence-electron chi connectivity index (χ0n) is 10.0. The van der Waals surface area contributed by atoms with Crippen LogP contribution in [0.2, 0.25) is 0 Å². The number of rotatable bonds is 2. The Morgan fingerprint density at radius 2 is 1.89 bits per heavy atom. The van der Waals surface area contributed by atoms with Crippen LogP contribution in [0.5, 0.6) is 0 Å². The second-order valence-electron chi connectivity index (χ2n) is 4.06. The Hall–Kier alpha value is -1.69. The van der Waals surface area contributed by atoms with Crippen molar-refractivity contribution in [1.82, 2.24) is 4.98 Å². The van der Waals surface area contributed by atoms with E-state index < -0.39 is 11.7 Å². The van der Waals surface area contributed by atoms with Gasteiger partial charge < -0.3 is 5.73 Å². The third-order valence-electron chi connectivity index (χ3n) is 2.36. The van der Waals surface area contributed by atoms with Crippen molar-refractivity contribution in [2.24, 2.45) is 0 Å². The Morgan fingerprint density at radius 3 is 2.42 bits per heavy atom. The molecule has 0 atom stereocenters. The fraction of sp³-hybridized carbons (Fsp3) is 0.154. The number of benzene rings is 1. The first kappa shape index (κ1) is 13.7. The maximum Gasteiger partial charge on any atom is 0.417 e. The Kier molecular flexibility index (Phi) is 3.71. The van der Waals surface area contributed by atoms with Crippen molar-refractivity contribution >= 4 is 17.4 Å². The Labute approximate surface area is 112 Å². The van der Waals surface area contributed by atoms with Gasteiger partial charge in [0.05, 0.1) is 5.56 Å². The molecule has 2 rings (SSSR count). The molecule has 0 fully saturated rings. The molecule has 0 saturated carbocycles. The highest BCUT2D eigenvalue weighted by Gasteiger charge is 2.30. The van der Waals surface area contributed by atoms with Crippen molar-refractivity contribution < 1.29 is 13.2 Å². The molecule has 2 N–H and O–H groups in total. The topological polar surface area (TPSA) is 38.9 Å². The molecular formula is C13H11F3N2S. The lowest BCUT2D eigenvalue weighted by Gasteiger charge is -2.07. The average molecular weight is 284 g/mol. The summed E-state index contributed by atoms with van der Waals surface area (Å²) in [6.07, 6.45) is -3.52. The average Bonchev–Trinajstić information content (AvgIpc) is 2.26. The van der Waals surface area contributed by atoms with Crippen LogP contribution in [0.3, 0.4) is 0 Å². The van der Waals surface area contributed by atoms with Crippen LogP contribution in [-0.4, -0.2) is 4.98 Å². The fourth-order valence-electron chi connectivity index (χ4n) is 1.56. The standard InChI is InChI=1S/C13H11F3N2S/c1-8-4-10(17)6-11(5-8)19-12-3-2-9(7-18-12)13(14,15)16/h2-7H,17H2,1H3. The number of aromatic nitrogens is 1. The van der Waals surface area contributed by atoms with Gasteiger partial charge in [-0.05, 0) is 42.8 Å². The number of pyridine rings is 1. The maximum absolute atomic E-state index is 12.4. The number of aryl methyl sites for hydroxylation is 1. The van der Waals surface area contributed by atoms with Gasteiger partial charge in [-0.15, -0.1) is 0 Å². The van der Waals surface area contributed by atoms with Crippen LogP contribution in [0.15, 0.2) is 46.5 Å². The zero-order chi connectivity index (χ0) is 14.0. The van der Waals surface area contributed by atoms with Gasteiger partial charge in [-0.1, -0.05) is 11.8 Å². The van der Waals surface area contributed by atoms with E-state index in [1.54, 1.807) is 6.07 Å². The minimum atomic E-state index is -4.36. The van der Waals surface area contributed by atoms with Crippen molar-refractivity contribution in [2.45, 2.75) is 23.0 Å². The van der Waals surface area contributed by atoms with Crippen molar-refractivity contribution in [3.8, 4) is 0 Å². The first-order chi connectivity index (χ1) is 8.84. The molecule has 0 unspecified atom stereocenters. The normalized spacial score (nSPS) is 11.6. The molecule has 1 aromatic heterocycles. The fourth-order valence-corrected chi connectivity index (χ4v) is 2.49. The van der Waals surface area contributed by atoms with E-state index >= 15 is 0 Å². The van der Waals surface area contributed by atoms with Gasteiger partial charge >= 0.3 is 6.18 Å². The van der Waals surface area contributed by atoms with E-state index in [4.69, 9.17) is 5.73 Å². The van der Waals surface area contributed by atoms with Crippen LogP contribution < -0.4 is 5.73 Å². The molecule has 1 heterocycles. The number of halogens is 3. The number of nitrogens with two attached hydrogens (primary N) is 1. The maximum atomic E-state index is 12.4. The number of nitrogens with zero attached hydrogens (tertiary/aromatic N) is 1. The van der Waals surface area contributed by atoms with Crippen molar-refractivity contribution in [2.75, 3.05) is 5.73 Å². The second-order valence-corrected chi connectivity index (χ2v) is 5.16. The van der Waals surface area contributed by atoms with Gasteiger partial charge in [0.1, 0.15) is 5.03 Å². The van der Waals surface area contributed by atoms with E-state index in [0.29, 0.717) is 10.7 Å². The highest BCUT2D eigenvalue weighted by Crippen LogP contribution is 2.32. The summed E-state index contributed by atoms with van der Waals surface area (Å²) in [4.78, 5) is 4.65. The van der Waals surface area contributed by atoms with Crippen molar-refractivity contribution in [3.05, 3.63) is 47.7 Å². The Morgan fingerprint density at radius 1 is 1.16 bits per heavy atom. The summed E-state index contributed by atoms with van der Waals surface area (Å²) in [5.74, 6) is 0. The highest BCUT2D eigenvalue weighted by atomic mass is 32.2. The summed E-state index contributed by atoms with van der Waals surface area (Å²) in [5, 5.41) is 0.498. The predicted octanol–water partition coefficient (Wildman–Crippen LogP) is 4.14. The van der Waals surface area contributed by atoms with Gasteiger partial charge in [-0.3, -0.25) is 0 Å². The van der Waals surface area contributed by atoms with Gasteiger partial charge in [0, 0.05) is 16.8 Å². The molecule has 2 aromatic rings. The van der Waals surface area contributed by atoms with E-state index in [1.165, 1.54) is 17.8 Å². The Balaban J connectivity index is 2.20. The summed E-state index contributed by atoms with van der Waals surface area (Å²) < 4.78 is 37.2. The third-order valence-corrected chi connectivity index (χ3v) is 3.28. The summed E-state index contributed by atoms with van der Waals surface area (Å²) in [5.41, 5.74) is 6.58. The Bertz CT molecular complexity index is 559. The van der Waals surface area contributed by atoms with Crippen LogP contribution in [-0.2, 0) is 6.18 Å². The molecule has 19 heavy (non-hydrogen) atoms. The van der Waals surface area contributed by atoms with Gasteiger partial charge in [-0.2, -0.15) is 13.2 Å². The lowest BCUT2D eigenvalue weighted by molar-refractivity contribution is -0.137. The third kappa shape index (κ3) is 3.64. The van der Waals surface area contributed by atoms with Crippen molar-refractivity contribution in [3.63, 3.8) is 0 Å². The lowest BCUT2D eigenvalue weighted by Crippen LogP contribution is -2.04. The van der Waals surface area contributed by atoms with E-state index in [2.05, 4.69) is 4.98 Å². The number of hydrogen-bond acceptors (Lipinski definition) is 3.